The first-order chi connectivity index (χ1) is 15.4. The highest BCUT2D eigenvalue weighted by Crippen LogP contribution is 2.36. The zero-order valence-electron chi connectivity index (χ0n) is 18.2. The van der Waals surface area contributed by atoms with Crippen LogP contribution in [0.2, 0.25) is 0 Å². The maximum atomic E-state index is 13.3. The van der Waals surface area contributed by atoms with E-state index < -0.39 is 21.8 Å². The Labute approximate surface area is 191 Å². The third kappa shape index (κ3) is 4.92. The molecule has 2 aromatic carbocycles. The predicted octanol–water partition coefficient (Wildman–Crippen LogP) is 3.86. The average molecular weight is 482 g/mol. The number of sulfonamides is 1. The topological polar surface area (TPSA) is 83.7 Å². The molecule has 0 aliphatic carbocycles. The molecule has 2 heterocycles. The quantitative estimate of drug-likeness (QED) is 0.719. The monoisotopic (exact) mass is 481 g/mol. The summed E-state index contributed by atoms with van der Waals surface area (Å²) in [5, 5.41) is 5.23. The number of carbonyl (C=O) groups is 1. The van der Waals surface area contributed by atoms with Gasteiger partial charge < -0.3 is 4.90 Å². The Morgan fingerprint density at radius 2 is 1.82 bits per heavy atom. The van der Waals surface area contributed by atoms with Crippen molar-refractivity contribution in [2.24, 2.45) is 5.14 Å². The van der Waals surface area contributed by atoms with E-state index in [1.807, 2.05) is 11.8 Å². The second kappa shape index (κ2) is 8.73. The van der Waals surface area contributed by atoms with Crippen LogP contribution < -0.4 is 10.0 Å². The number of hydrogen-bond acceptors (Lipinski definition) is 4. The molecule has 2 aliphatic rings. The number of anilines is 1. The van der Waals surface area contributed by atoms with Gasteiger partial charge in [-0.3, -0.25) is 9.69 Å². The number of primary sulfonamides is 1. The van der Waals surface area contributed by atoms with Gasteiger partial charge in [0.05, 0.1) is 17.0 Å². The maximum absolute atomic E-state index is 13.3. The molecule has 0 bridgehead atoms. The molecule has 0 radical (unpaired) electrons. The zero-order valence-corrected chi connectivity index (χ0v) is 19.0. The van der Waals surface area contributed by atoms with Crippen molar-refractivity contribution in [2.45, 2.75) is 55.8 Å². The number of carbonyl (C=O) groups excluding carboxylic acids is 1. The number of halogens is 3. The third-order valence-corrected chi connectivity index (χ3v) is 7.35. The largest absolute Gasteiger partial charge is 0.416 e. The highest BCUT2D eigenvalue weighted by Gasteiger charge is 2.35. The standard InChI is InChI=1S/C23H26F3N3O3S/c1-15-12-17-13-19(33(27,31)32)9-10-21(17)29(15)22(30)14-28-11-3-2-4-20(28)16-5-7-18(8-6-16)23(24,25)26/h5-10,13,15,20H,2-4,11-12,14H2,1H3,(H2,27,31,32). The fourth-order valence-corrected chi connectivity index (χ4v) is 5.43. The summed E-state index contributed by atoms with van der Waals surface area (Å²) in [5.41, 5.74) is 1.50. The van der Waals surface area contributed by atoms with E-state index in [1.165, 1.54) is 24.3 Å². The van der Waals surface area contributed by atoms with Crippen LogP contribution in [0.5, 0.6) is 0 Å². The van der Waals surface area contributed by atoms with Gasteiger partial charge >= 0.3 is 6.18 Å². The molecule has 10 heteroatoms. The summed E-state index contributed by atoms with van der Waals surface area (Å²) in [7, 11) is -3.83. The van der Waals surface area contributed by atoms with Gasteiger partial charge in [-0.25, -0.2) is 13.6 Å². The summed E-state index contributed by atoms with van der Waals surface area (Å²) in [6.07, 6.45) is -1.25. The fourth-order valence-electron chi connectivity index (χ4n) is 4.87. The van der Waals surface area contributed by atoms with Crippen molar-refractivity contribution >= 4 is 21.6 Å². The molecule has 0 aromatic heterocycles. The number of benzene rings is 2. The average Bonchev–Trinajstić information content (AvgIpc) is 3.08. The number of alkyl halides is 3. The molecule has 6 nitrogen and oxygen atoms in total. The fraction of sp³-hybridized carbons (Fsp3) is 0.435. The summed E-state index contributed by atoms with van der Waals surface area (Å²) in [5.74, 6) is -0.122. The van der Waals surface area contributed by atoms with Crippen LogP contribution in [0.4, 0.5) is 18.9 Å². The Kier molecular flexibility index (Phi) is 6.28. The van der Waals surface area contributed by atoms with E-state index >= 15 is 0 Å². The normalized spacial score (nSPS) is 21.8. The van der Waals surface area contributed by atoms with Gasteiger partial charge in [0.15, 0.2) is 0 Å². The summed E-state index contributed by atoms with van der Waals surface area (Å²) in [6.45, 7) is 2.71. The minimum atomic E-state index is -4.39. The Bertz CT molecular complexity index is 1150. The molecule has 1 saturated heterocycles. The number of rotatable bonds is 4. The molecule has 4 rings (SSSR count). The van der Waals surface area contributed by atoms with Crippen LogP contribution in [-0.4, -0.2) is 38.4 Å². The van der Waals surface area contributed by atoms with Crippen molar-refractivity contribution in [3.8, 4) is 0 Å². The predicted molar refractivity (Wildman–Crippen MR) is 118 cm³/mol. The summed E-state index contributed by atoms with van der Waals surface area (Å²) < 4.78 is 62.1. The molecule has 2 unspecified atom stereocenters. The first-order valence-corrected chi connectivity index (χ1v) is 12.4. The highest BCUT2D eigenvalue weighted by molar-refractivity contribution is 7.89. The van der Waals surface area contributed by atoms with E-state index in [0.29, 0.717) is 18.7 Å². The smallest absolute Gasteiger partial charge is 0.308 e. The van der Waals surface area contributed by atoms with Crippen LogP contribution in [-0.2, 0) is 27.4 Å². The molecule has 33 heavy (non-hydrogen) atoms. The number of hydrogen-bond donors (Lipinski definition) is 1. The van der Waals surface area contributed by atoms with Gasteiger partial charge in [0, 0.05) is 17.8 Å². The molecule has 178 valence electrons. The van der Waals surface area contributed by atoms with Crippen molar-refractivity contribution in [2.75, 3.05) is 18.0 Å². The van der Waals surface area contributed by atoms with E-state index in [1.54, 1.807) is 11.0 Å². The van der Waals surface area contributed by atoms with Crippen molar-refractivity contribution in [1.29, 1.82) is 0 Å². The molecule has 2 aliphatic heterocycles. The lowest BCUT2D eigenvalue weighted by atomic mass is 9.94. The van der Waals surface area contributed by atoms with Crippen LogP contribution in [0.1, 0.15) is 48.9 Å². The van der Waals surface area contributed by atoms with Gasteiger partial charge in [0.1, 0.15) is 0 Å². The molecule has 2 N–H and O–H groups in total. The first-order valence-electron chi connectivity index (χ1n) is 10.8. The first kappa shape index (κ1) is 23.7. The Morgan fingerprint density at radius 3 is 2.45 bits per heavy atom. The minimum absolute atomic E-state index is 0.0150. The Morgan fingerprint density at radius 1 is 1.12 bits per heavy atom. The molecule has 0 saturated carbocycles. The number of nitrogens with zero attached hydrogens (tertiary/aromatic N) is 2. The van der Waals surface area contributed by atoms with Gasteiger partial charge in [0.2, 0.25) is 15.9 Å². The second-order valence-electron chi connectivity index (χ2n) is 8.75. The van der Waals surface area contributed by atoms with Crippen molar-refractivity contribution < 1.29 is 26.4 Å². The lowest BCUT2D eigenvalue weighted by molar-refractivity contribution is -0.137. The second-order valence-corrected chi connectivity index (χ2v) is 10.3. The van der Waals surface area contributed by atoms with Gasteiger partial charge in [0.25, 0.3) is 0 Å². The number of nitrogens with two attached hydrogens (primary N) is 1. The van der Waals surface area contributed by atoms with E-state index in [-0.39, 0.29) is 29.4 Å². The van der Waals surface area contributed by atoms with Gasteiger partial charge in [-0.2, -0.15) is 13.2 Å². The van der Waals surface area contributed by atoms with E-state index in [9.17, 15) is 26.4 Å². The number of piperidine rings is 1. The molecule has 1 fully saturated rings. The van der Waals surface area contributed by atoms with E-state index in [4.69, 9.17) is 5.14 Å². The number of fused-ring (bicyclic) bond motifs is 1. The van der Waals surface area contributed by atoms with Gasteiger partial charge in [-0.05, 0) is 74.2 Å². The summed E-state index contributed by atoms with van der Waals surface area (Å²) in [6, 6.07) is 9.43. The summed E-state index contributed by atoms with van der Waals surface area (Å²) >= 11 is 0. The Balaban J connectivity index is 1.54. The van der Waals surface area contributed by atoms with Crippen LogP contribution in [0.15, 0.2) is 47.4 Å². The van der Waals surface area contributed by atoms with Crippen molar-refractivity contribution in [3.05, 3.63) is 59.2 Å². The molecule has 2 atom stereocenters. The third-order valence-electron chi connectivity index (χ3n) is 6.44. The van der Waals surface area contributed by atoms with Crippen LogP contribution in [0.25, 0.3) is 0 Å². The zero-order chi connectivity index (χ0) is 24.0. The number of amides is 1. The number of likely N-dealkylation sites (tertiary alicyclic amines) is 1. The highest BCUT2D eigenvalue weighted by atomic mass is 32.2. The molecule has 2 aromatic rings. The van der Waals surface area contributed by atoms with Crippen LogP contribution >= 0.6 is 0 Å². The Hall–Kier alpha value is -2.43. The van der Waals surface area contributed by atoms with E-state index in [2.05, 4.69) is 0 Å². The minimum Gasteiger partial charge on any atom is -0.308 e. The van der Waals surface area contributed by atoms with Crippen LogP contribution in [0, 0.1) is 0 Å². The molecule has 1 amide bonds. The molecule has 0 spiro atoms. The van der Waals surface area contributed by atoms with Crippen molar-refractivity contribution in [1.82, 2.24) is 4.90 Å². The summed E-state index contributed by atoms with van der Waals surface area (Å²) in [4.78, 5) is 17.0. The van der Waals surface area contributed by atoms with Crippen LogP contribution in [0.3, 0.4) is 0 Å². The maximum Gasteiger partial charge on any atom is 0.416 e. The molecular weight excluding hydrogens is 455 g/mol. The SMILES string of the molecule is CC1Cc2cc(S(N)(=O)=O)ccc2N1C(=O)CN1CCCCC1c1ccc(C(F)(F)F)cc1. The van der Waals surface area contributed by atoms with Gasteiger partial charge in [-0.15, -0.1) is 0 Å². The lowest BCUT2D eigenvalue weighted by Gasteiger charge is -2.37. The lowest BCUT2D eigenvalue weighted by Crippen LogP contribution is -2.45. The van der Waals surface area contributed by atoms with Gasteiger partial charge in [-0.1, -0.05) is 18.6 Å². The van der Waals surface area contributed by atoms with Crippen molar-refractivity contribution in [3.63, 3.8) is 0 Å². The molecular formula is C23H26F3N3O3S. The van der Waals surface area contributed by atoms with E-state index in [0.717, 1.165) is 42.5 Å².